The third kappa shape index (κ3) is 59.0. The summed E-state index contributed by atoms with van der Waals surface area (Å²) in [5, 5.41) is 0. The molecule has 0 saturated carbocycles. The molecule has 0 unspecified atom stereocenters. The Labute approximate surface area is 126 Å². The molecule has 1 aromatic carbocycles. The molecule has 0 aliphatic carbocycles. The summed E-state index contributed by atoms with van der Waals surface area (Å²) in [7, 11) is -18.0. The van der Waals surface area contributed by atoms with E-state index in [1.54, 1.807) is 6.92 Å². The van der Waals surface area contributed by atoms with Crippen LogP contribution in [-0.2, 0) is 0 Å². The maximum Gasteiger partial charge on any atom is 0.673 e. The van der Waals surface area contributed by atoms with Gasteiger partial charge < -0.3 is 51.8 Å². The molecule has 1 rings (SSSR count). The number of rotatable bonds is 0. The number of aryl methyl sites for hydroxylation is 1. The topological polar surface area (TPSA) is 0 Å². The SMILES string of the molecule is Cc1ccc(F)c(F)c1.F[B-](F)(F)F.F[B-](F)(F)F.F[B-](F)(F)F. The van der Waals surface area contributed by atoms with Crippen molar-refractivity contribution in [2.45, 2.75) is 6.92 Å². The molecular weight excluding hydrogens is 382 g/mol. The normalized spacial score (nSPS) is 11.1. The molecule has 17 heteroatoms. The molecule has 0 atom stereocenters. The first-order valence-corrected chi connectivity index (χ1v) is 5.23. The maximum atomic E-state index is 12.2. The molecule has 1 aromatic rings. The molecule has 0 aromatic heterocycles. The highest BCUT2D eigenvalue weighted by Gasteiger charge is 2.21. The number of benzene rings is 1. The van der Waals surface area contributed by atoms with E-state index in [2.05, 4.69) is 0 Å². The largest absolute Gasteiger partial charge is 0.673 e. The molecule has 144 valence electrons. The first-order valence-electron chi connectivity index (χ1n) is 5.23. The van der Waals surface area contributed by atoms with Gasteiger partial charge in [0.2, 0.25) is 0 Å². The molecule has 0 amide bonds. The number of hydrogen-bond donors (Lipinski definition) is 0. The van der Waals surface area contributed by atoms with Gasteiger partial charge in [0.05, 0.1) is 0 Å². The molecule has 0 heterocycles. The lowest BCUT2D eigenvalue weighted by Gasteiger charge is -1.94. The van der Waals surface area contributed by atoms with Crippen molar-refractivity contribution in [3.05, 3.63) is 35.4 Å². The number of halogens is 14. The van der Waals surface area contributed by atoms with Crippen molar-refractivity contribution in [2.75, 3.05) is 0 Å². The Kier molecular flexibility index (Phi) is 12.6. The van der Waals surface area contributed by atoms with Crippen LogP contribution in [0.1, 0.15) is 5.56 Å². The lowest BCUT2D eigenvalue weighted by atomic mass is 10.2. The smallest absolute Gasteiger partial charge is 0.418 e. The van der Waals surface area contributed by atoms with Crippen molar-refractivity contribution >= 4 is 21.8 Å². The van der Waals surface area contributed by atoms with Crippen molar-refractivity contribution in [2.24, 2.45) is 0 Å². The zero-order chi connectivity index (χ0) is 20.4. The van der Waals surface area contributed by atoms with Crippen LogP contribution in [0.4, 0.5) is 60.6 Å². The lowest BCUT2D eigenvalue weighted by Crippen LogP contribution is -2.02. The fraction of sp³-hybridized carbons (Fsp3) is 0.143. The van der Waals surface area contributed by atoms with Gasteiger partial charge in [-0.3, -0.25) is 0 Å². The minimum absolute atomic E-state index is 0.730. The quantitative estimate of drug-likeness (QED) is 0.368. The maximum absolute atomic E-state index is 12.2. The summed E-state index contributed by atoms with van der Waals surface area (Å²) in [6.07, 6.45) is 0. The molecule has 0 aliphatic heterocycles. The summed E-state index contributed by atoms with van der Waals surface area (Å²) in [5.41, 5.74) is 0.730. The summed E-state index contributed by atoms with van der Waals surface area (Å²) in [6.45, 7) is 1.71. The Morgan fingerprint density at radius 1 is 0.542 bits per heavy atom. The first kappa shape index (κ1) is 27.3. The van der Waals surface area contributed by atoms with Crippen LogP contribution in [0.15, 0.2) is 18.2 Å². The van der Waals surface area contributed by atoms with Gasteiger partial charge in [0.25, 0.3) is 0 Å². The van der Waals surface area contributed by atoms with Gasteiger partial charge in [-0.2, -0.15) is 0 Å². The first-order chi connectivity index (χ1) is 10.2. The second kappa shape index (κ2) is 11.1. The van der Waals surface area contributed by atoms with Gasteiger partial charge in [-0.1, -0.05) is 6.07 Å². The molecule has 0 saturated heterocycles. The van der Waals surface area contributed by atoms with Crippen LogP contribution in [0.3, 0.4) is 0 Å². The van der Waals surface area contributed by atoms with Gasteiger partial charge in [-0.05, 0) is 24.6 Å². The Morgan fingerprint density at radius 2 is 0.792 bits per heavy atom. The molecule has 0 spiro atoms. The van der Waals surface area contributed by atoms with Crippen molar-refractivity contribution < 1.29 is 60.6 Å². The second-order valence-electron chi connectivity index (χ2n) is 3.40. The van der Waals surface area contributed by atoms with Crippen LogP contribution < -0.4 is 0 Å². The average Bonchev–Trinajstić information content (AvgIpc) is 2.16. The Bertz CT molecular complexity index is 403. The van der Waals surface area contributed by atoms with Crippen LogP contribution in [0.2, 0.25) is 0 Å². The van der Waals surface area contributed by atoms with Gasteiger partial charge in [-0.25, -0.2) is 8.78 Å². The van der Waals surface area contributed by atoms with E-state index in [9.17, 15) is 60.6 Å². The second-order valence-corrected chi connectivity index (χ2v) is 3.40. The summed E-state index contributed by atoms with van der Waals surface area (Å²) in [4.78, 5) is 0. The van der Waals surface area contributed by atoms with Crippen LogP contribution in [-0.4, -0.2) is 21.8 Å². The van der Waals surface area contributed by atoms with Crippen molar-refractivity contribution in [3.8, 4) is 0 Å². The van der Waals surface area contributed by atoms with Crippen LogP contribution in [0, 0.1) is 18.6 Å². The summed E-state index contributed by atoms with van der Waals surface area (Å²) in [5.74, 6) is -1.57. The van der Waals surface area contributed by atoms with Gasteiger partial charge in [-0.15, -0.1) is 0 Å². The lowest BCUT2D eigenvalue weighted by molar-refractivity contribution is 0.366. The average molecular weight is 389 g/mol. The monoisotopic (exact) mass is 389 g/mol. The molecule has 0 radical (unpaired) electrons. The predicted octanol–water partition coefficient (Wildman–Crippen LogP) is 6.17. The molecule has 0 fully saturated rings. The summed E-state index contributed by atoms with van der Waals surface area (Å²) < 4.78 is 141. The molecule has 0 N–H and O–H groups in total. The van der Waals surface area contributed by atoms with Crippen molar-refractivity contribution in [3.63, 3.8) is 0 Å². The van der Waals surface area contributed by atoms with Crippen molar-refractivity contribution in [1.82, 2.24) is 0 Å². The highest BCUT2D eigenvalue weighted by atomic mass is 19.5. The van der Waals surface area contributed by atoms with Crippen LogP contribution >= 0.6 is 0 Å². The fourth-order valence-corrected chi connectivity index (χ4v) is 0.601. The predicted molar refractivity (Wildman–Crippen MR) is 61.7 cm³/mol. The Balaban J connectivity index is -0.000000259. The molecule has 0 nitrogen and oxygen atoms in total. The van der Waals surface area contributed by atoms with Crippen LogP contribution in [0.25, 0.3) is 0 Å². The standard InChI is InChI=1S/C7H6F2.3BF4/c1-5-2-3-6(8)7(9)4-5;3*2-1(3,4)5/h2-4H,1H3;;;/q;3*-1. The van der Waals surface area contributed by atoms with Gasteiger partial charge in [0.1, 0.15) is 0 Å². The molecule has 0 bridgehead atoms. The van der Waals surface area contributed by atoms with E-state index in [1.807, 2.05) is 0 Å². The third-order valence-electron chi connectivity index (χ3n) is 1.08. The Hall–Kier alpha value is -1.57. The van der Waals surface area contributed by atoms with Gasteiger partial charge in [0, 0.05) is 0 Å². The minimum Gasteiger partial charge on any atom is -0.418 e. The van der Waals surface area contributed by atoms with E-state index in [1.165, 1.54) is 6.07 Å². The Morgan fingerprint density at radius 3 is 0.958 bits per heavy atom. The zero-order valence-corrected chi connectivity index (χ0v) is 11.3. The highest BCUT2D eigenvalue weighted by Crippen LogP contribution is 2.08. The zero-order valence-electron chi connectivity index (χ0n) is 11.3. The molecule has 0 aliphatic rings. The summed E-state index contributed by atoms with van der Waals surface area (Å²) in [6, 6.07) is 3.80. The number of hydrogen-bond acceptors (Lipinski definition) is 0. The fourth-order valence-electron chi connectivity index (χ4n) is 0.601. The third-order valence-corrected chi connectivity index (χ3v) is 1.08. The van der Waals surface area contributed by atoms with Crippen molar-refractivity contribution in [1.29, 1.82) is 0 Å². The van der Waals surface area contributed by atoms with E-state index >= 15 is 0 Å². The van der Waals surface area contributed by atoms with Gasteiger partial charge in [0.15, 0.2) is 11.6 Å². The van der Waals surface area contributed by atoms with E-state index in [4.69, 9.17) is 0 Å². The minimum atomic E-state index is -6.00. The van der Waals surface area contributed by atoms with E-state index in [0.717, 1.165) is 17.7 Å². The van der Waals surface area contributed by atoms with Crippen LogP contribution in [0.5, 0.6) is 0 Å². The van der Waals surface area contributed by atoms with E-state index in [-0.39, 0.29) is 0 Å². The molecular formula is C7H6B3F14-3. The van der Waals surface area contributed by atoms with E-state index < -0.39 is 33.4 Å². The van der Waals surface area contributed by atoms with E-state index in [0.29, 0.717) is 0 Å². The summed E-state index contributed by atoms with van der Waals surface area (Å²) >= 11 is 0. The van der Waals surface area contributed by atoms with Gasteiger partial charge >= 0.3 is 21.8 Å². The molecule has 24 heavy (non-hydrogen) atoms. The highest BCUT2D eigenvalue weighted by molar-refractivity contribution is 6.50.